The zero-order chi connectivity index (χ0) is 15.3. The van der Waals surface area contributed by atoms with Crippen LogP contribution in [0.2, 0.25) is 0 Å². The van der Waals surface area contributed by atoms with Crippen LogP contribution in [0.25, 0.3) is 0 Å². The Morgan fingerprint density at radius 1 is 1.25 bits per heavy atom. The summed E-state index contributed by atoms with van der Waals surface area (Å²) in [5.41, 5.74) is 7.47. The number of hydrogen-bond acceptors (Lipinski definition) is 4. The van der Waals surface area contributed by atoms with E-state index >= 15 is 0 Å². The maximum Gasteiger partial charge on any atom is 0.157 e. The highest BCUT2D eigenvalue weighted by Gasteiger charge is 2.27. The summed E-state index contributed by atoms with van der Waals surface area (Å²) < 4.78 is 0. The zero-order valence-electron chi connectivity index (χ0n) is 12.7. The van der Waals surface area contributed by atoms with E-state index in [1.165, 1.54) is 0 Å². The highest BCUT2D eigenvalue weighted by Crippen LogP contribution is 2.37. The number of anilines is 2. The van der Waals surface area contributed by atoms with Crippen molar-refractivity contribution in [2.24, 2.45) is 5.41 Å². The summed E-state index contributed by atoms with van der Waals surface area (Å²) in [6, 6.07) is 4.95. The van der Waals surface area contributed by atoms with E-state index in [2.05, 4.69) is 5.32 Å². The van der Waals surface area contributed by atoms with Crippen LogP contribution in [0.3, 0.4) is 0 Å². The summed E-state index contributed by atoms with van der Waals surface area (Å²) in [6.07, 6.45) is 2.90. The molecular formula is C16H24N2O2. The maximum absolute atomic E-state index is 11.6. The third-order valence-corrected chi connectivity index (χ3v) is 3.02. The normalized spacial score (nSPS) is 16.8. The fourth-order valence-electron chi connectivity index (χ4n) is 2.28. The Bertz CT molecular complexity index is 499. The number of carbonyl (C=O) groups excluding carboxylic acids is 1. The third-order valence-electron chi connectivity index (χ3n) is 3.02. The summed E-state index contributed by atoms with van der Waals surface area (Å²) in [7, 11) is 0. The Balaban J connectivity index is 0.000000956. The predicted molar refractivity (Wildman–Crippen MR) is 83.6 cm³/mol. The molecule has 0 fully saturated rings. The largest absolute Gasteiger partial charge is 0.506 e. The molecule has 0 radical (unpaired) electrons. The molecule has 0 saturated carbocycles. The standard InChI is InChI=1S/C14H18N2O2.C2H6/c1-14(2)7-9(6-10(17)8-14)16-13-11(15)4-3-5-12(13)18;1-2/h3-6,16,18H,7-8,15H2,1-2H3;1-2H3. The third kappa shape index (κ3) is 4.02. The van der Waals surface area contributed by atoms with E-state index in [0.29, 0.717) is 17.8 Å². The van der Waals surface area contributed by atoms with Gasteiger partial charge in [0.05, 0.1) is 5.69 Å². The molecule has 2 rings (SSSR count). The Morgan fingerprint density at radius 2 is 1.90 bits per heavy atom. The van der Waals surface area contributed by atoms with Gasteiger partial charge in [0.1, 0.15) is 11.4 Å². The number of nitrogens with one attached hydrogen (secondary N) is 1. The molecule has 0 unspecified atom stereocenters. The SMILES string of the molecule is CC.CC1(C)CC(=O)C=C(Nc2c(N)cccc2O)C1. The van der Waals surface area contributed by atoms with Gasteiger partial charge in [0, 0.05) is 18.2 Å². The van der Waals surface area contributed by atoms with Crippen LogP contribution >= 0.6 is 0 Å². The molecule has 4 N–H and O–H groups in total. The van der Waals surface area contributed by atoms with Gasteiger partial charge in [-0.05, 0) is 24.0 Å². The second kappa shape index (κ2) is 6.46. The van der Waals surface area contributed by atoms with Crippen LogP contribution in [0.15, 0.2) is 30.0 Å². The molecule has 0 atom stereocenters. The summed E-state index contributed by atoms with van der Waals surface area (Å²) in [4.78, 5) is 11.6. The second-order valence-electron chi connectivity index (χ2n) is 5.52. The molecular weight excluding hydrogens is 252 g/mol. The molecule has 1 aliphatic carbocycles. The van der Waals surface area contributed by atoms with Crippen molar-refractivity contribution in [3.8, 4) is 5.75 Å². The fourth-order valence-corrected chi connectivity index (χ4v) is 2.28. The van der Waals surface area contributed by atoms with Gasteiger partial charge in [0.25, 0.3) is 0 Å². The van der Waals surface area contributed by atoms with Gasteiger partial charge in [0.2, 0.25) is 0 Å². The molecule has 110 valence electrons. The Labute approximate surface area is 120 Å². The van der Waals surface area contributed by atoms with Crippen LogP contribution < -0.4 is 11.1 Å². The molecule has 0 saturated heterocycles. The number of hydrogen-bond donors (Lipinski definition) is 3. The van der Waals surface area contributed by atoms with Gasteiger partial charge >= 0.3 is 0 Å². The van der Waals surface area contributed by atoms with Crippen molar-refractivity contribution in [1.82, 2.24) is 0 Å². The van der Waals surface area contributed by atoms with Gasteiger partial charge in [-0.25, -0.2) is 0 Å². The highest BCUT2D eigenvalue weighted by molar-refractivity contribution is 5.92. The lowest BCUT2D eigenvalue weighted by molar-refractivity contribution is -0.117. The lowest BCUT2D eigenvalue weighted by Crippen LogP contribution is -2.24. The molecule has 4 nitrogen and oxygen atoms in total. The zero-order valence-corrected chi connectivity index (χ0v) is 12.7. The molecule has 4 heteroatoms. The molecule has 0 amide bonds. The van der Waals surface area contributed by atoms with Crippen molar-refractivity contribution in [1.29, 1.82) is 0 Å². The van der Waals surface area contributed by atoms with Crippen molar-refractivity contribution in [2.45, 2.75) is 40.5 Å². The first-order valence-electron chi connectivity index (χ1n) is 6.95. The first-order valence-corrected chi connectivity index (χ1v) is 6.95. The van der Waals surface area contributed by atoms with Crippen LogP contribution in [-0.2, 0) is 4.79 Å². The van der Waals surface area contributed by atoms with Crippen molar-refractivity contribution >= 4 is 17.2 Å². The van der Waals surface area contributed by atoms with E-state index in [9.17, 15) is 9.90 Å². The van der Waals surface area contributed by atoms with E-state index in [4.69, 9.17) is 5.73 Å². The molecule has 0 spiro atoms. The number of carbonyl (C=O) groups is 1. The number of allylic oxidation sites excluding steroid dienone is 2. The average Bonchev–Trinajstić information content (AvgIpc) is 2.34. The first-order chi connectivity index (χ1) is 9.37. The summed E-state index contributed by atoms with van der Waals surface area (Å²) in [5.74, 6) is 0.189. The van der Waals surface area contributed by atoms with Crippen molar-refractivity contribution in [3.05, 3.63) is 30.0 Å². The molecule has 1 aromatic rings. The van der Waals surface area contributed by atoms with Gasteiger partial charge in [-0.1, -0.05) is 33.8 Å². The number of nitrogen functional groups attached to an aromatic ring is 1. The van der Waals surface area contributed by atoms with Gasteiger partial charge < -0.3 is 16.2 Å². The number of phenols is 1. The number of benzene rings is 1. The van der Waals surface area contributed by atoms with E-state index in [-0.39, 0.29) is 16.9 Å². The van der Waals surface area contributed by atoms with E-state index in [1.54, 1.807) is 24.3 Å². The summed E-state index contributed by atoms with van der Waals surface area (Å²) in [6.45, 7) is 8.10. The van der Waals surface area contributed by atoms with Crippen LogP contribution in [0.4, 0.5) is 11.4 Å². The number of rotatable bonds is 2. The average molecular weight is 276 g/mol. The molecule has 20 heavy (non-hydrogen) atoms. The van der Waals surface area contributed by atoms with Crippen molar-refractivity contribution < 1.29 is 9.90 Å². The second-order valence-corrected chi connectivity index (χ2v) is 5.52. The first kappa shape index (κ1) is 16.1. The Morgan fingerprint density at radius 3 is 2.45 bits per heavy atom. The maximum atomic E-state index is 11.6. The van der Waals surface area contributed by atoms with E-state index in [0.717, 1.165) is 12.1 Å². The van der Waals surface area contributed by atoms with Crippen LogP contribution in [0, 0.1) is 5.41 Å². The van der Waals surface area contributed by atoms with Gasteiger partial charge in [-0.3, -0.25) is 4.79 Å². The summed E-state index contributed by atoms with van der Waals surface area (Å²) >= 11 is 0. The lowest BCUT2D eigenvalue weighted by atomic mass is 9.79. The molecule has 0 heterocycles. The van der Waals surface area contributed by atoms with Crippen LogP contribution in [-0.4, -0.2) is 10.9 Å². The minimum absolute atomic E-state index is 0.0622. The molecule has 0 aliphatic heterocycles. The smallest absolute Gasteiger partial charge is 0.157 e. The van der Waals surface area contributed by atoms with Gasteiger partial charge in [-0.15, -0.1) is 0 Å². The Kier molecular flexibility index (Phi) is 5.19. The van der Waals surface area contributed by atoms with Crippen molar-refractivity contribution in [3.63, 3.8) is 0 Å². The quantitative estimate of drug-likeness (QED) is 0.569. The number of ketones is 1. The van der Waals surface area contributed by atoms with Gasteiger partial charge in [0.15, 0.2) is 5.78 Å². The lowest BCUT2D eigenvalue weighted by Gasteiger charge is -2.29. The van der Waals surface area contributed by atoms with Gasteiger partial charge in [-0.2, -0.15) is 0 Å². The minimum atomic E-state index is -0.0622. The Hall–Kier alpha value is -1.97. The van der Waals surface area contributed by atoms with E-state index in [1.807, 2.05) is 27.7 Å². The predicted octanol–water partition coefficient (Wildman–Crippen LogP) is 3.69. The van der Waals surface area contributed by atoms with Crippen LogP contribution in [0.5, 0.6) is 5.75 Å². The van der Waals surface area contributed by atoms with E-state index < -0.39 is 0 Å². The summed E-state index contributed by atoms with van der Waals surface area (Å²) in [5, 5.41) is 12.8. The molecule has 1 aromatic carbocycles. The monoisotopic (exact) mass is 276 g/mol. The molecule has 0 bridgehead atoms. The minimum Gasteiger partial charge on any atom is -0.506 e. The number of phenolic OH excluding ortho intramolecular Hbond substituents is 1. The highest BCUT2D eigenvalue weighted by atomic mass is 16.3. The fraction of sp³-hybridized carbons (Fsp3) is 0.438. The number of para-hydroxylation sites is 1. The molecule has 0 aromatic heterocycles. The topological polar surface area (TPSA) is 75.4 Å². The molecule has 1 aliphatic rings. The number of nitrogens with two attached hydrogens (primary N) is 1. The van der Waals surface area contributed by atoms with Crippen LogP contribution in [0.1, 0.15) is 40.5 Å². The van der Waals surface area contributed by atoms with Crippen molar-refractivity contribution in [2.75, 3.05) is 11.1 Å². The number of aromatic hydroxyl groups is 1.